The number of fused-ring (bicyclic) bond motifs is 1. The number of aryl methyl sites for hydroxylation is 2. The van der Waals surface area contributed by atoms with Crippen LogP contribution in [-0.4, -0.2) is 17.6 Å². The highest BCUT2D eigenvalue weighted by Crippen LogP contribution is 2.46. The van der Waals surface area contributed by atoms with E-state index in [1.54, 1.807) is 0 Å². The van der Waals surface area contributed by atoms with Gasteiger partial charge < -0.3 is 4.74 Å². The van der Waals surface area contributed by atoms with Crippen LogP contribution >= 0.6 is 0 Å². The summed E-state index contributed by atoms with van der Waals surface area (Å²) >= 11 is 0. The van der Waals surface area contributed by atoms with Crippen LogP contribution in [0.1, 0.15) is 104 Å². The molecule has 1 heterocycles. The predicted octanol–water partition coefficient (Wildman–Crippen LogP) is 8.30. The zero-order valence-electron chi connectivity index (χ0n) is 26.1. The first-order valence-corrected chi connectivity index (χ1v) is 14.7. The van der Waals surface area contributed by atoms with Crippen LogP contribution in [0.3, 0.4) is 0 Å². The smallest absolute Gasteiger partial charge is 0.363 e. The van der Waals surface area contributed by atoms with Gasteiger partial charge in [0.25, 0.3) is 0 Å². The summed E-state index contributed by atoms with van der Waals surface area (Å²) in [6, 6.07) is 5.03. The van der Waals surface area contributed by atoms with Gasteiger partial charge in [-0.1, -0.05) is 71.9 Å². The second-order valence-corrected chi connectivity index (χ2v) is 13.0. The summed E-state index contributed by atoms with van der Waals surface area (Å²) < 4.78 is 9.83. The summed E-state index contributed by atoms with van der Waals surface area (Å²) in [7, 11) is 3.62. The van der Waals surface area contributed by atoms with Crippen LogP contribution in [0.15, 0.2) is 48.2 Å². The van der Waals surface area contributed by atoms with Crippen molar-refractivity contribution in [3.05, 3.63) is 59.3 Å². The van der Waals surface area contributed by atoms with Crippen molar-refractivity contribution in [3.63, 3.8) is 0 Å². The lowest BCUT2D eigenvalue weighted by Crippen LogP contribution is -2.35. The maximum absolute atomic E-state index is 12.1. The lowest BCUT2D eigenvalue weighted by molar-refractivity contribution is -0.630. The normalized spacial score (nSPS) is 20.5. The molecule has 3 unspecified atom stereocenters. The summed E-state index contributed by atoms with van der Waals surface area (Å²) in [6.45, 7) is 22.1. The van der Waals surface area contributed by atoms with Crippen LogP contribution in [0, 0.1) is 24.2 Å². The first-order chi connectivity index (χ1) is 18.3. The summed E-state index contributed by atoms with van der Waals surface area (Å²) in [5.41, 5.74) is 7.46. The van der Waals surface area contributed by atoms with E-state index >= 15 is 0 Å². The summed E-state index contributed by atoms with van der Waals surface area (Å²) in [5, 5.41) is 3.84. The molecule has 1 aromatic carbocycles. The molecule has 3 atom stereocenters. The van der Waals surface area contributed by atoms with E-state index in [9.17, 15) is 4.79 Å². The first-order valence-electron chi connectivity index (χ1n) is 14.7. The number of nitrogens with one attached hydrogen (secondary N) is 1. The van der Waals surface area contributed by atoms with Crippen molar-refractivity contribution >= 4 is 23.0 Å². The molecule has 39 heavy (non-hydrogen) atoms. The number of rotatable bonds is 10. The number of anilines is 1. The van der Waals surface area contributed by atoms with E-state index in [4.69, 9.17) is 4.74 Å². The van der Waals surface area contributed by atoms with Crippen LogP contribution < -0.4 is 9.88 Å². The Bertz CT molecular complexity index is 1260. The lowest BCUT2D eigenvalue weighted by Gasteiger charge is -2.38. The SMILES string of the molecule is C=C(C=CCC(=CC)Nc1n(C2CC(C)CC(C)(C)C2)c2cc(C)c(C(C)CC(=O)OC)cc2[n+]1C)C(C)C. The summed E-state index contributed by atoms with van der Waals surface area (Å²) in [5.74, 6) is 2.14. The Morgan fingerprint density at radius 2 is 1.97 bits per heavy atom. The maximum atomic E-state index is 12.1. The molecule has 1 N–H and O–H groups in total. The molecule has 2 aromatic rings. The third-order valence-electron chi connectivity index (χ3n) is 8.52. The minimum Gasteiger partial charge on any atom is -0.469 e. The van der Waals surface area contributed by atoms with Crippen LogP contribution in [0.25, 0.3) is 11.0 Å². The van der Waals surface area contributed by atoms with Gasteiger partial charge in [0, 0.05) is 6.42 Å². The van der Waals surface area contributed by atoms with Crippen molar-refractivity contribution in [1.29, 1.82) is 0 Å². The fourth-order valence-electron chi connectivity index (χ4n) is 6.44. The average molecular weight is 535 g/mol. The highest BCUT2D eigenvalue weighted by atomic mass is 16.5. The number of nitrogens with zero attached hydrogens (tertiary/aromatic N) is 2. The quantitative estimate of drug-likeness (QED) is 0.189. The van der Waals surface area contributed by atoms with Gasteiger partial charge in [0.1, 0.15) is 11.0 Å². The van der Waals surface area contributed by atoms with Crippen molar-refractivity contribution in [3.8, 4) is 0 Å². The number of ether oxygens (including phenoxy) is 1. The Morgan fingerprint density at radius 3 is 2.56 bits per heavy atom. The average Bonchev–Trinajstić information content (AvgIpc) is 3.11. The second-order valence-electron chi connectivity index (χ2n) is 13.0. The Hall–Kier alpha value is -2.82. The third kappa shape index (κ3) is 7.23. The van der Waals surface area contributed by atoms with E-state index in [1.807, 2.05) is 0 Å². The number of hydrogen-bond acceptors (Lipinski definition) is 3. The van der Waals surface area contributed by atoms with Gasteiger partial charge >= 0.3 is 11.9 Å². The molecule has 1 aromatic heterocycles. The van der Waals surface area contributed by atoms with E-state index in [0.717, 1.165) is 24.4 Å². The molecule has 0 amide bonds. The van der Waals surface area contributed by atoms with Gasteiger partial charge in [-0.05, 0) is 79.5 Å². The molecule has 0 bridgehead atoms. The Labute approximate surface area is 237 Å². The molecule has 5 nitrogen and oxygen atoms in total. The minimum atomic E-state index is -0.171. The number of aromatic nitrogens is 2. The van der Waals surface area contributed by atoms with Gasteiger partial charge in [0.05, 0.1) is 32.3 Å². The number of esters is 1. The zero-order chi connectivity index (χ0) is 29.1. The standard InChI is InChI=1S/C34H51N3O2/c1-12-27(15-13-14-24(5)22(2)3)35-33-36(10)30-19-29(26(7)18-32(38)39-11)25(6)17-31(30)37(33)28-16-23(4)20-34(8,9)21-28/h12-14,17,19,22-23,26,28H,5,15-16,18,20-21H2,1-4,6-11H3/p+1. The molecular formula is C34H52N3O2+. The number of methoxy groups -OCH3 is 1. The van der Waals surface area contributed by atoms with Crippen molar-refractivity contribution in [2.45, 2.75) is 99.5 Å². The first kappa shape index (κ1) is 30.7. The highest BCUT2D eigenvalue weighted by molar-refractivity contribution is 5.78. The van der Waals surface area contributed by atoms with E-state index in [1.165, 1.54) is 47.8 Å². The third-order valence-corrected chi connectivity index (χ3v) is 8.52. The van der Waals surface area contributed by atoms with Crippen LogP contribution in [0.4, 0.5) is 5.95 Å². The fourth-order valence-corrected chi connectivity index (χ4v) is 6.44. The molecule has 0 aliphatic heterocycles. The molecule has 0 saturated heterocycles. The number of benzene rings is 1. The second kappa shape index (κ2) is 12.6. The van der Waals surface area contributed by atoms with Crippen molar-refractivity contribution in [2.24, 2.45) is 24.3 Å². The molecule has 0 spiro atoms. The molecule has 1 fully saturated rings. The summed E-state index contributed by atoms with van der Waals surface area (Å²) in [6.07, 6.45) is 11.3. The van der Waals surface area contributed by atoms with Crippen LogP contribution in [0.5, 0.6) is 0 Å². The fraction of sp³-hybridized carbons (Fsp3) is 0.588. The van der Waals surface area contributed by atoms with E-state index < -0.39 is 0 Å². The van der Waals surface area contributed by atoms with Gasteiger partial charge in [-0.25, -0.2) is 14.5 Å². The van der Waals surface area contributed by atoms with E-state index in [0.29, 0.717) is 29.7 Å². The van der Waals surface area contributed by atoms with Gasteiger partial charge in [0.2, 0.25) is 0 Å². The molecule has 5 heteroatoms. The van der Waals surface area contributed by atoms with Crippen LogP contribution in [0.2, 0.25) is 0 Å². The molecule has 1 aliphatic carbocycles. The zero-order valence-corrected chi connectivity index (χ0v) is 26.1. The monoisotopic (exact) mass is 534 g/mol. The topological polar surface area (TPSA) is 47.1 Å². The molecule has 3 rings (SSSR count). The van der Waals surface area contributed by atoms with Crippen molar-refractivity contribution < 1.29 is 14.1 Å². The van der Waals surface area contributed by atoms with Gasteiger partial charge in [-0.2, -0.15) is 0 Å². The Morgan fingerprint density at radius 1 is 1.28 bits per heavy atom. The number of carbonyl (C=O) groups excluding carboxylic acids is 1. The lowest BCUT2D eigenvalue weighted by atomic mass is 9.70. The number of hydrogen-bond donors (Lipinski definition) is 1. The van der Waals surface area contributed by atoms with Gasteiger partial charge in [0.15, 0.2) is 0 Å². The molecule has 0 radical (unpaired) electrons. The molecule has 1 aliphatic rings. The number of carbonyl (C=O) groups is 1. The number of allylic oxidation sites excluding steroid dienone is 4. The van der Waals surface area contributed by atoms with Crippen molar-refractivity contribution in [2.75, 3.05) is 12.4 Å². The molecule has 214 valence electrons. The van der Waals surface area contributed by atoms with Gasteiger partial charge in [-0.3, -0.25) is 4.79 Å². The largest absolute Gasteiger partial charge is 0.469 e. The highest BCUT2D eigenvalue weighted by Gasteiger charge is 2.38. The van der Waals surface area contributed by atoms with Gasteiger partial charge in [-0.15, -0.1) is 0 Å². The van der Waals surface area contributed by atoms with Crippen molar-refractivity contribution in [1.82, 2.24) is 4.57 Å². The Balaban J connectivity index is 2.12. The number of imidazole rings is 1. The summed E-state index contributed by atoms with van der Waals surface area (Å²) in [4.78, 5) is 12.1. The molecular weight excluding hydrogens is 482 g/mol. The van der Waals surface area contributed by atoms with E-state index in [2.05, 4.69) is 114 Å². The predicted molar refractivity (Wildman–Crippen MR) is 164 cm³/mol. The Kier molecular flexibility index (Phi) is 9.90. The maximum Gasteiger partial charge on any atom is 0.363 e. The van der Waals surface area contributed by atoms with Crippen LogP contribution in [-0.2, 0) is 16.6 Å². The van der Waals surface area contributed by atoms with E-state index in [-0.39, 0.29) is 11.9 Å². The minimum absolute atomic E-state index is 0.0838. The molecule has 1 saturated carbocycles.